The molecule has 0 radical (unpaired) electrons. The van der Waals surface area contributed by atoms with E-state index in [9.17, 15) is 0 Å². The van der Waals surface area contributed by atoms with Crippen LogP contribution in [0.4, 0.5) is 0 Å². The van der Waals surface area contributed by atoms with Crippen molar-refractivity contribution in [2.24, 2.45) is 0 Å². The second-order valence-electron chi connectivity index (χ2n) is 2.62. The molecular weight excluding hydrogens is 226 g/mol. The molecule has 0 saturated heterocycles. The van der Waals surface area contributed by atoms with Crippen LogP contribution >= 0.6 is 15.9 Å². The fourth-order valence-corrected chi connectivity index (χ4v) is 1.49. The Kier molecular flexibility index (Phi) is 3.55. The maximum atomic E-state index is 8.29. The average Bonchev–Trinajstić information content (AvgIpc) is 2.09. The zero-order chi connectivity index (χ0) is 9.68. The molecule has 0 fully saturated rings. The van der Waals surface area contributed by atoms with Gasteiger partial charge in [-0.3, -0.25) is 0 Å². The van der Waals surface area contributed by atoms with E-state index in [0.29, 0.717) is 0 Å². The quantitative estimate of drug-likeness (QED) is 0.633. The number of hydrogen-bond acceptors (Lipinski definition) is 1. The van der Waals surface area contributed by atoms with Gasteiger partial charge in [-0.25, -0.2) is 0 Å². The van der Waals surface area contributed by atoms with Gasteiger partial charge in [0.2, 0.25) is 0 Å². The van der Waals surface area contributed by atoms with Crippen LogP contribution in [0.2, 0.25) is 0 Å². The van der Waals surface area contributed by atoms with Crippen LogP contribution in [0.5, 0.6) is 0 Å². The highest BCUT2D eigenvalue weighted by molar-refractivity contribution is 9.10. The number of nitriles is 1. The molecule has 0 unspecified atom stereocenters. The van der Waals surface area contributed by atoms with Gasteiger partial charge in [0.05, 0.1) is 12.5 Å². The third-order valence-corrected chi connectivity index (χ3v) is 2.17. The van der Waals surface area contributed by atoms with E-state index in [-0.39, 0.29) is 6.42 Å². The highest BCUT2D eigenvalue weighted by atomic mass is 79.9. The zero-order valence-electron chi connectivity index (χ0n) is 7.26. The molecular formula is C11H8BrN. The normalized spacial score (nSPS) is 8.38. The lowest BCUT2D eigenvalue weighted by Crippen LogP contribution is -1.79. The molecule has 2 heteroatoms. The molecule has 0 saturated carbocycles. The van der Waals surface area contributed by atoms with Crippen LogP contribution in [0.25, 0.3) is 0 Å². The van der Waals surface area contributed by atoms with E-state index < -0.39 is 0 Å². The lowest BCUT2D eigenvalue weighted by molar-refractivity contribution is 1.39. The Balaban J connectivity index is 2.93. The maximum Gasteiger partial charge on any atom is 0.0966 e. The van der Waals surface area contributed by atoms with E-state index in [4.69, 9.17) is 5.26 Å². The summed E-state index contributed by atoms with van der Waals surface area (Å²) < 4.78 is 0.984. The van der Waals surface area contributed by atoms with E-state index in [1.54, 1.807) is 0 Å². The van der Waals surface area contributed by atoms with Crippen molar-refractivity contribution in [1.29, 1.82) is 5.26 Å². The lowest BCUT2D eigenvalue weighted by Gasteiger charge is -1.96. The standard InChI is InChI=1S/C11H8BrN/c1-9-5-6-10(11(12)8-9)4-2-3-7-13/h5-6,8H,3H2,1H3. The summed E-state index contributed by atoms with van der Waals surface area (Å²) in [6.07, 6.45) is 0.278. The Bertz CT molecular complexity index is 404. The number of rotatable bonds is 0. The second kappa shape index (κ2) is 4.70. The van der Waals surface area contributed by atoms with Crippen LogP contribution in [0, 0.1) is 30.1 Å². The van der Waals surface area contributed by atoms with Crippen molar-refractivity contribution < 1.29 is 0 Å². The van der Waals surface area contributed by atoms with Crippen LogP contribution in [-0.2, 0) is 0 Å². The first-order chi connectivity index (χ1) is 6.24. The van der Waals surface area contributed by atoms with Crippen molar-refractivity contribution >= 4 is 15.9 Å². The van der Waals surface area contributed by atoms with Gasteiger partial charge < -0.3 is 0 Å². The fraction of sp³-hybridized carbons (Fsp3) is 0.182. The van der Waals surface area contributed by atoms with Crippen molar-refractivity contribution in [1.82, 2.24) is 0 Å². The minimum absolute atomic E-state index is 0.278. The van der Waals surface area contributed by atoms with Gasteiger partial charge >= 0.3 is 0 Å². The Morgan fingerprint density at radius 3 is 2.85 bits per heavy atom. The molecule has 0 bridgehead atoms. The average molecular weight is 234 g/mol. The molecule has 0 atom stereocenters. The van der Waals surface area contributed by atoms with Gasteiger partial charge in [0, 0.05) is 10.0 Å². The summed E-state index contributed by atoms with van der Waals surface area (Å²) in [7, 11) is 0. The van der Waals surface area contributed by atoms with Crippen molar-refractivity contribution in [2.45, 2.75) is 13.3 Å². The molecule has 64 valence electrons. The third kappa shape index (κ3) is 2.93. The van der Waals surface area contributed by atoms with E-state index in [2.05, 4.69) is 27.8 Å². The second-order valence-corrected chi connectivity index (χ2v) is 3.47. The smallest absolute Gasteiger partial charge is 0.0966 e. The molecule has 0 aliphatic heterocycles. The predicted molar refractivity (Wildman–Crippen MR) is 56.0 cm³/mol. The van der Waals surface area contributed by atoms with Gasteiger partial charge in [-0.05, 0) is 40.5 Å². The minimum atomic E-state index is 0.278. The topological polar surface area (TPSA) is 23.8 Å². The monoisotopic (exact) mass is 233 g/mol. The number of halogens is 1. The van der Waals surface area contributed by atoms with Gasteiger partial charge in [0.25, 0.3) is 0 Å². The van der Waals surface area contributed by atoms with Gasteiger partial charge in [-0.15, -0.1) is 0 Å². The van der Waals surface area contributed by atoms with Gasteiger partial charge in [-0.1, -0.05) is 17.9 Å². The van der Waals surface area contributed by atoms with E-state index in [1.807, 2.05) is 31.2 Å². The number of aryl methyl sites for hydroxylation is 1. The summed E-state index contributed by atoms with van der Waals surface area (Å²) in [5, 5.41) is 8.29. The minimum Gasteiger partial charge on any atom is -0.197 e. The van der Waals surface area contributed by atoms with Crippen LogP contribution < -0.4 is 0 Å². The summed E-state index contributed by atoms with van der Waals surface area (Å²) in [5.41, 5.74) is 2.12. The molecule has 1 nitrogen and oxygen atoms in total. The number of nitrogens with zero attached hydrogens (tertiary/aromatic N) is 1. The summed E-state index contributed by atoms with van der Waals surface area (Å²) in [6, 6.07) is 7.94. The highest BCUT2D eigenvalue weighted by Gasteiger charge is 1.94. The third-order valence-electron chi connectivity index (χ3n) is 1.52. The summed E-state index contributed by atoms with van der Waals surface area (Å²) >= 11 is 3.41. The largest absolute Gasteiger partial charge is 0.197 e. The molecule has 0 aromatic heterocycles. The van der Waals surface area contributed by atoms with Crippen LogP contribution in [0.3, 0.4) is 0 Å². The molecule has 0 aliphatic rings. The summed E-state index contributed by atoms with van der Waals surface area (Å²) in [6.45, 7) is 2.03. The van der Waals surface area contributed by atoms with E-state index >= 15 is 0 Å². The Hall–Kier alpha value is -1.25. The lowest BCUT2D eigenvalue weighted by atomic mass is 10.1. The first kappa shape index (κ1) is 9.84. The summed E-state index contributed by atoms with van der Waals surface area (Å²) in [4.78, 5) is 0. The van der Waals surface area contributed by atoms with Crippen molar-refractivity contribution in [3.05, 3.63) is 33.8 Å². The predicted octanol–water partition coefficient (Wildman–Crippen LogP) is 3.02. The fourth-order valence-electron chi connectivity index (χ4n) is 0.900. The number of benzene rings is 1. The SMILES string of the molecule is Cc1ccc(C#CCC#N)c(Br)c1. The van der Waals surface area contributed by atoms with Crippen LogP contribution in [0.15, 0.2) is 22.7 Å². The summed E-state index contributed by atoms with van der Waals surface area (Å²) in [5.74, 6) is 5.69. The molecule has 13 heavy (non-hydrogen) atoms. The first-order valence-corrected chi connectivity index (χ1v) is 4.65. The molecule has 0 amide bonds. The molecule has 1 rings (SSSR count). The van der Waals surface area contributed by atoms with Crippen LogP contribution in [0.1, 0.15) is 17.5 Å². The maximum absolute atomic E-state index is 8.29. The van der Waals surface area contributed by atoms with Crippen molar-refractivity contribution in [3.8, 4) is 17.9 Å². The van der Waals surface area contributed by atoms with Crippen molar-refractivity contribution in [2.75, 3.05) is 0 Å². The van der Waals surface area contributed by atoms with Crippen LogP contribution in [-0.4, -0.2) is 0 Å². The Labute approximate surface area is 86.5 Å². The Morgan fingerprint density at radius 1 is 1.46 bits per heavy atom. The molecule has 1 aromatic rings. The molecule has 0 spiro atoms. The first-order valence-electron chi connectivity index (χ1n) is 3.86. The molecule has 0 aliphatic carbocycles. The van der Waals surface area contributed by atoms with E-state index in [0.717, 1.165) is 10.0 Å². The van der Waals surface area contributed by atoms with Crippen molar-refractivity contribution in [3.63, 3.8) is 0 Å². The molecule has 0 N–H and O–H groups in total. The van der Waals surface area contributed by atoms with Gasteiger partial charge in [0.15, 0.2) is 0 Å². The van der Waals surface area contributed by atoms with Gasteiger partial charge in [-0.2, -0.15) is 5.26 Å². The number of hydrogen-bond donors (Lipinski definition) is 0. The zero-order valence-corrected chi connectivity index (χ0v) is 8.85. The van der Waals surface area contributed by atoms with Gasteiger partial charge in [0.1, 0.15) is 0 Å². The molecule has 0 heterocycles. The Morgan fingerprint density at radius 2 is 2.23 bits per heavy atom. The molecule has 1 aromatic carbocycles. The highest BCUT2D eigenvalue weighted by Crippen LogP contribution is 2.16. The van der Waals surface area contributed by atoms with E-state index in [1.165, 1.54) is 5.56 Å².